The van der Waals surface area contributed by atoms with Gasteiger partial charge >= 0.3 is 0 Å². The maximum atomic E-state index is 3.74. The third-order valence-corrected chi connectivity index (χ3v) is 6.19. The Kier molecular flexibility index (Phi) is 4.90. The molecule has 0 amide bonds. The van der Waals surface area contributed by atoms with Gasteiger partial charge in [-0.1, -0.05) is 41.8 Å². The normalized spacial score (nSPS) is 21.1. The Balaban J connectivity index is 1.63. The summed E-state index contributed by atoms with van der Waals surface area (Å²) < 4.78 is 1.24. The van der Waals surface area contributed by atoms with Crippen LogP contribution in [0.3, 0.4) is 0 Å². The van der Waals surface area contributed by atoms with Crippen LogP contribution in [0.5, 0.6) is 0 Å². The highest BCUT2D eigenvalue weighted by atomic mass is 79.9. The van der Waals surface area contributed by atoms with Crippen LogP contribution in [-0.2, 0) is 6.54 Å². The van der Waals surface area contributed by atoms with Gasteiger partial charge in [0.2, 0.25) is 0 Å². The molecule has 1 aliphatic heterocycles. The molecule has 2 aliphatic rings. The van der Waals surface area contributed by atoms with Gasteiger partial charge in [-0.15, -0.1) is 0 Å². The summed E-state index contributed by atoms with van der Waals surface area (Å²) in [5.41, 5.74) is 3.44. The third-order valence-electron chi connectivity index (χ3n) is 5.46. The van der Waals surface area contributed by atoms with Gasteiger partial charge in [-0.05, 0) is 55.3 Å². The van der Waals surface area contributed by atoms with Crippen LogP contribution < -0.4 is 10.2 Å². The van der Waals surface area contributed by atoms with Gasteiger partial charge in [0.05, 0.1) is 0 Å². The predicted molar refractivity (Wildman–Crippen MR) is 93.9 cm³/mol. The molecule has 21 heavy (non-hydrogen) atoms. The molecule has 3 heteroatoms. The van der Waals surface area contributed by atoms with Crippen LogP contribution in [0.2, 0.25) is 0 Å². The van der Waals surface area contributed by atoms with Crippen molar-refractivity contribution in [1.82, 2.24) is 5.32 Å². The Labute approximate surface area is 137 Å². The Bertz CT molecular complexity index is 470. The molecule has 2 nitrogen and oxygen atoms in total. The summed E-state index contributed by atoms with van der Waals surface area (Å²) in [5.74, 6) is 0. The Morgan fingerprint density at radius 1 is 1.14 bits per heavy atom. The molecule has 1 N–H and O–H groups in total. The van der Waals surface area contributed by atoms with E-state index in [1.165, 1.54) is 67.3 Å². The lowest BCUT2D eigenvalue weighted by Gasteiger charge is -2.40. The first kappa shape index (κ1) is 15.4. The van der Waals surface area contributed by atoms with Gasteiger partial charge in [-0.25, -0.2) is 0 Å². The van der Waals surface area contributed by atoms with E-state index in [4.69, 9.17) is 0 Å². The number of nitrogens with zero attached hydrogens (tertiary/aromatic N) is 1. The molecule has 0 bridgehead atoms. The largest absolute Gasteiger partial charge is 0.371 e. The first-order valence-electron chi connectivity index (χ1n) is 8.47. The van der Waals surface area contributed by atoms with Crippen LogP contribution in [0, 0.1) is 5.41 Å². The van der Waals surface area contributed by atoms with E-state index in [1.54, 1.807) is 0 Å². The minimum absolute atomic E-state index is 0.707. The summed E-state index contributed by atoms with van der Waals surface area (Å²) in [6.07, 6.45) is 8.67. The van der Waals surface area contributed by atoms with E-state index < -0.39 is 0 Å². The standard InChI is InChI=1S/C18H27BrN2/c1-2-20-14-15-5-6-16(13-17(15)19)21-11-9-18(10-12-21)7-3-4-8-18/h5-6,13,20H,2-4,7-12,14H2,1H3. The van der Waals surface area contributed by atoms with Crippen molar-refractivity contribution in [1.29, 1.82) is 0 Å². The predicted octanol–water partition coefficient (Wildman–Crippen LogP) is 4.72. The molecule has 1 spiro atoms. The molecule has 3 rings (SSSR count). The van der Waals surface area contributed by atoms with Crippen LogP contribution in [0.25, 0.3) is 0 Å². The Hall–Kier alpha value is -0.540. The Morgan fingerprint density at radius 2 is 1.86 bits per heavy atom. The summed E-state index contributed by atoms with van der Waals surface area (Å²) in [4.78, 5) is 2.57. The van der Waals surface area contributed by atoms with Gasteiger partial charge in [-0.2, -0.15) is 0 Å². The zero-order chi connectivity index (χ0) is 14.7. The van der Waals surface area contributed by atoms with Gasteiger partial charge < -0.3 is 10.2 Å². The molecule has 1 saturated carbocycles. The van der Waals surface area contributed by atoms with Crippen LogP contribution >= 0.6 is 15.9 Å². The number of hydrogen-bond donors (Lipinski definition) is 1. The number of nitrogens with one attached hydrogen (secondary N) is 1. The fourth-order valence-corrected chi connectivity index (χ4v) is 4.51. The average molecular weight is 351 g/mol. The third kappa shape index (κ3) is 3.45. The lowest BCUT2D eigenvalue weighted by molar-refractivity contribution is 0.226. The smallest absolute Gasteiger partial charge is 0.0377 e. The molecule has 0 aromatic heterocycles. The van der Waals surface area contributed by atoms with E-state index in [-0.39, 0.29) is 0 Å². The molecular formula is C18H27BrN2. The number of halogens is 1. The number of anilines is 1. The summed E-state index contributed by atoms with van der Waals surface area (Å²) in [7, 11) is 0. The monoisotopic (exact) mass is 350 g/mol. The molecule has 0 unspecified atom stereocenters. The Morgan fingerprint density at radius 3 is 2.48 bits per heavy atom. The van der Waals surface area contributed by atoms with E-state index in [9.17, 15) is 0 Å². The van der Waals surface area contributed by atoms with Crippen molar-refractivity contribution in [2.24, 2.45) is 5.41 Å². The zero-order valence-electron chi connectivity index (χ0n) is 13.1. The molecule has 0 radical (unpaired) electrons. The van der Waals surface area contributed by atoms with Crippen molar-refractivity contribution in [3.8, 4) is 0 Å². The van der Waals surface area contributed by atoms with Crippen LogP contribution in [-0.4, -0.2) is 19.6 Å². The lowest BCUT2D eigenvalue weighted by atomic mass is 9.77. The second-order valence-electron chi connectivity index (χ2n) is 6.75. The van der Waals surface area contributed by atoms with Crippen molar-refractivity contribution in [2.45, 2.75) is 52.0 Å². The van der Waals surface area contributed by atoms with Gasteiger partial charge in [-0.3, -0.25) is 0 Å². The molecular weight excluding hydrogens is 324 g/mol. The van der Waals surface area contributed by atoms with Crippen LogP contribution in [0.1, 0.15) is 51.0 Å². The van der Waals surface area contributed by atoms with Crippen molar-refractivity contribution in [3.63, 3.8) is 0 Å². The van der Waals surface area contributed by atoms with Crippen molar-refractivity contribution in [2.75, 3.05) is 24.5 Å². The lowest BCUT2D eigenvalue weighted by Crippen LogP contribution is -2.38. The number of hydrogen-bond acceptors (Lipinski definition) is 2. The first-order chi connectivity index (χ1) is 10.2. The van der Waals surface area contributed by atoms with Crippen LogP contribution in [0.4, 0.5) is 5.69 Å². The highest BCUT2D eigenvalue weighted by Gasteiger charge is 2.36. The van der Waals surface area contributed by atoms with E-state index in [1.807, 2.05) is 0 Å². The van der Waals surface area contributed by atoms with E-state index in [2.05, 4.69) is 51.3 Å². The van der Waals surface area contributed by atoms with Crippen molar-refractivity contribution >= 4 is 21.6 Å². The SMILES string of the molecule is CCNCc1ccc(N2CCC3(CCCC3)CC2)cc1Br. The molecule has 0 atom stereocenters. The number of benzene rings is 1. The quantitative estimate of drug-likeness (QED) is 0.844. The number of piperidine rings is 1. The topological polar surface area (TPSA) is 15.3 Å². The summed E-state index contributed by atoms with van der Waals surface area (Å²) in [5, 5.41) is 3.39. The summed E-state index contributed by atoms with van der Waals surface area (Å²) >= 11 is 3.74. The molecule has 1 aromatic rings. The molecule has 116 valence electrons. The zero-order valence-corrected chi connectivity index (χ0v) is 14.7. The fraction of sp³-hybridized carbons (Fsp3) is 0.667. The maximum absolute atomic E-state index is 3.74. The van der Waals surface area contributed by atoms with Crippen molar-refractivity contribution < 1.29 is 0 Å². The van der Waals surface area contributed by atoms with E-state index >= 15 is 0 Å². The van der Waals surface area contributed by atoms with Gasteiger partial charge in [0.1, 0.15) is 0 Å². The fourth-order valence-electron chi connectivity index (χ4n) is 4.00. The molecule has 1 aromatic carbocycles. The first-order valence-corrected chi connectivity index (χ1v) is 9.26. The minimum atomic E-state index is 0.707. The van der Waals surface area contributed by atoms with Gasteiger partial charge in [0, 0.05) is 29.8 Å². The van der Waals surface area contributed by atoms with E-state index in [0.29, 0.717) is 5.41 Å². The maximum Gasteiger partial charge on any atom is 0.0377 e. The number of rotatable bonds is 4. The molecule has 1 heterocycles. The minimum Gasteiger partial charge on any atom is -0.371 e. The molecule has 1 aliphatic carbocycles. The van der Waals surface area contributed by atoms with Gasteiger partial charge in [0.15, 0.2) is 0 Å². The highest BCUT2D eigenvalue weighted by molar-refractivity contribution is 9.10. The van der Waals surface area contributed by atoms with E-state index in [0.717, 1.165) is 13.1 Å². The highest BCUT2D eigenvalue weighted by Crippen LogP contribution is 2.46. The molecule has 2 fully saturated rings. The molecule has 1 saturated heterocycles. The van der Waals surface area contributed by atoms with Crippen LogP contribution in [0.15, 0.2) is 22.7 Å². The summed E-state index contributed by atoms with van der Waals surface area (Å²) in [6, 6.07) is 6.87. The summed E-state index contributed by atoms with van der Waals surface area (Å²) in [6.45, 7) is 6.58. The van der Waals surface area contributed by atoms with Gasteiger partial charge in [0.25, 0.3) is 0 Å². The second kappa shape index (κ2) is 6.70. The van der Waals surface area contributed by atoms with Crippen molar-refractivity contribution in [3.05, 3.63) is 28.2 Å². The average Bonchev–Trinajstić information content (AvgIpc) is 2.95. The second-order valence-corrected chi connectivity index (χ2v) is 7.60.